The van der Waals surface area contributed by atoms with Crippen molar-refractivity contribution in [3.63, 3.8) is 0 Å². The molecule has 1 atom stereocenters. The first-order valence-electron chi connectivity index (χ1n) is 27.1. The summed E-state index contributed by atoms with van der Waals surface area (Å²) in [5.41, 5.74) is 0. The van der Waals surface area contributed by atoms with Crippen LogP contribution >= 0.6 is 0 Å². The molecule has 0 aliphatic rings. The molecule has 0 radical (unpaired) electrons. The van der Waals surface area contributed by atoms with E-state index in [9.17, 15) is 14.4 Å². The molecule has 6 nitrogen and oxygen atoms in total. The number of carbonyl (C=O) groups is 3. The van der Waals surface area contributed by atoms with E-state index in [0.717, 1.165) is 116 Å². The summed E-state index contributed by atoms with van der Waals surface area (Å²) in [5, 5.41) is 0. The largest absolute Gasteiger partial charge is 0.462 e. The molecule has 0 aromatic carbocycles. The first-order chi connectivity index (χ1) is 32.0. The van der Waals surface area contributed by atoms with E-state index in [1.54, 1.807) is 0 Å². The minimum absolute atomic E-state index is 0.0949. The first-order valence-corrected chi connectivity index (χ1v) is 27.1. The fourth-order valence-corrected chi connectivity index (χ4v) is 7.28. The third-order valence-corrected chi connectivity index (χ3v) is 11.4. The molecule has 0 N–H and O–H groups in total. The molecule has 0 unspecified atom stereocenters. The van der Waals surface area contributed by atoms with Crippen molar-refractivity contribution >= 4 is 17.9 Å². The maximum absolute atomic E-state index is 12.8. The standard InChI is InChI=1S/C59H100O6/c1-4-7-10-13-16-19-22-25-27-28-29-30-32-35-37-40-43-46-49-52-58(61)64-55-56(65-59(62)53-50-47-44-41-38-33-24-21-18-15-12-9-6-3)54-63-57(60)51-48-45-42-39-36-34-31-26-23-20-17-14-11-8-5-2/h7,10,16,19,21,24-27,29-31,35,37,56H,4-6,8-9,11-15,17-18,20,22-23,28,32-34,36,38-55H2,1-3H3/b10-7-,19-16-,24-21-,27-25-,30-29-,31-26-,37-35-/t56-/m0/s1. The van der Waals surface area contributed by atoms with Crippen LogP contribution in [0.1, 0.15) is 252 Å². The molecule has 0 bridgehead atoms. The summed E-state index contributed by atoms with van der Waals surface area (Å²) in [6, 6.07) is 0. The predicted molar refractivity (Wildman–Crippen MR) is 279 cm³/mol. The minimum atomic E-state index is -0.798. The van der Waals surface area contributed by atoms with Crippen molar-refractivity contribution in [1.29, 1.82) is 0 Å². The van der Waals surface area contributed by atoms with Crippen LogP contribution < -0.4 is 0 Å². The smallest absolute Gasteiger partial charge is 0.306 e. The zero-order valence-corrected chi connectivity index (χ0v) is 42.5. The molecular weight excluding hydrogens is 805 g/mol. The van der Waals surface area contributed by atoms with Gasteiger partial charge in [0.25, 0.3) is 0 Å². The van der Waals surface area contributed by atoms with E-state index in [-0.39, 0.29) is 31.1 Å². The zero-order valence-electron chi connectivity index (χ0n) is 42.5. The normalized spacial score (nSPS) is 12.7. The number of hydrogen-bond acceptors (Lipinski definition) is 6. The molecule has 0 saturated carbocycles. The van der Waals surface area contributed by atoms with Crippen LogP contribution in [0.15, 0.2) is 85.1 Å². The van der Waals surface area contributed by atoms with E-state index in [0.29, 0.717) is 19.3 Å². The van der Waals surface area contributed by atoms with Crippen molar-refractivity contribution in [2.24, 2.45) is 0 Å². The number of ether oxygens (including phenoxy) is 3. The monoisotopic (exact) mass is 905 g/mol. The quantitative estimate of drug-likeness (QED) is 0.0262. The van der Waals surface area contributed by atoms with Crippen molar-refractivity contribution < 1.29 is 28.6 Å². The van der Waals surface area contributed by atoms with E-state index in [2.05, 4.69) is 106 Å². The highest BCUT2D eigenvalue weighted by atomic mass is 16.6. The van der Waals surface area contributed by atoms with Crippen LogP contribution in [-0.2, 0) is 28.6 Å². The molecule has 0 fully saturated rings. The highest BCUT2D eigenvalue weighted by molar-refractivity contribution is 5.71. The molecule has 0 aliphatic carbocycles. The second-order valence-corrected chi connectivity index (χ2v) is 17.7. The second-order valence-electron chi connectivity index (χ2n) is 17.7. The topological polar surface area (TPSA) is 78.9 Å². The Balaban J connectivity index is 4.45. The lowest BCUT2D eigenvalue weighted by Crippen LogP contribution is -2.30. The molecule has 372 valence electrons. The number of rotatable bonds is 48. The lowest BCUT2D eigenvalue weighted by molar-refractivity contribution is -0.167. The summed E-state index contributed by atoms with van der Waals surface area (Å²) in [4.78, 5) is 38.0. The first kappa shape index (κ1) is 61.6. The van der Waals surface area contributed by atoms with Gasteiger partial charge in [-0.3, -0.25) is 14.4 Å². The molecule has 0 rings (SSSR count). The summed E-state index contributed by atoms with van der Waals surface area (Å²) < 4.78 is 16.8. The third-order valence-electron chi connectivity index (χ3n) is 11.4. The van der Waals surface area contributed by atoms with Gasteiger partial charge in [0.2, 0.25) is 0 Å². The lowest BCUT2D eigenvalue weighted by atomic mass is 10.1. The summed E-state index contributed by atoms with van der Waals surface area (Å²) in [5.74, 6) is -0.943. The van der Waals surface area contributed by atoms with Crippen LogP contribution in [0.4, 0.5) is 0 Å². The Bertz CT molecular complexity index is 1270. The molecule has 0 aromatic rings. The molecule has 0 spiro atoms. The molecule has 0 aromatic heterocycles. The van der Waals surface area contributed by atoms with Crippen LogP contribution in [0.3, 0.4) is 0 Å². The Morgan fingerprint density at radius 2 is 0.600 bits per heavy atom. The highest BCUT2D eigenvalue weighted by Gasteiger charge is 2.19. The van der Waals surface area contributed by atoms with Gasteiger partial charge in [-0.25, -0.2) is 0 Å². The van der Waals surface area contributed by atoms with Gasteiger partial charge in [0.1, 0.15) is 13.2 Å². The van der Waals surface area contributed by atoms with Crippen molar-refractivity contribution in [3.05, 3.63) is 85.1 Å². The highest BCUT2D eigenvalue weighted by Crippen LogP contribution is 2.13. The SMILES string of the molecule is CC/C=C\C/C=C\C/C=C\C/C=C\C/C=C\CCCCCC(=O)OC[C@H](COC(=O)CCCCCCC/C=C\CCCCCCCC)OC(=O)CCCCCCC/C=C\CCCCCC. The van der Waals surface area contributed by atoms with Gasteiger partial charge >= 0.3 is 17.9 Å². The third kappa shape index (κ3) is 51.4. The van der Waals surface area contributed by atoms with E-state index >= 15 is 0 Å². The maximum atomic E-state index is 12.8. The van der Waals surface area contributed by atoms with Gasteiger partial charge in [0.05, 0.1) is 0 Å². The zero-order chi connectivity index (χ0) is 47.2. The fourth-order valence-electron chi connectivity index (χ4n) is 7.28. The van der Waals surface area contributed by atoms with Gasteiger partial charge in [-0.1, -0.05) is 202 Å². The Hall–Kier alpha value is -3.41. The Kier molecular flexibility index (Phi) is 50.4. The van der Waals surface area contributed by atoms with Crippen LogP contribution in [0.2, 0.25) is 0 Å². The fraction of sp³-hybridized carbons (Fsp3) is 0.712. The number of esters is 3. The number of allylic oxidation sites excluding steroid dienone is 14. The lowest BCUT2D eigenvalue weighted by Gasteiger charge is -2.18. The molecular formula is C59H100O6. The summed E-state index contributed by atoms with van der Waals surface area (Å²) in [6.07, 6.45) is 68.5. The molecule has 6 heteroatoms. The van der Waals surface area contributed by atoms with E-state index in [4.69, 9.17) is 14.2 Å². The number of hydrogen-bond donors (Lipinski definition) is 0. The van der Waals surface area contributed by atoms with Gasteiger partial charge in [0.15, 0.2) is 6.10 Å². The van der Waals surface area contributed by atoms with Gasteiger partial charge in [0, 0.05) is 19.3 Å². The second kappa shape index (κ2) is 53.2. The van der Waals surface area contributed by atoms with E-state index in [1.807, 2.05) is 0 Å². The van der Waals surface area contributed by atoms with E-state index in [1.165, 1.54) is 96.3 Å². The summed E-state index contributed by atoms with van der Waals surface area (Å²) in [6.45, 7) is 6.46. The van der Waals surface area contributed by atoms with Gasteiger partial charge in [-0.05, 0) is 116 Å². The summed E-state index contributed by atoms with van der Waals surface area (Å²) in [7, 11) is 0. The van der Waals surface area contributed by atoms with Crippen molar-refractivity contribution in [3.8, 4) is 0 Å². The Morgan fingerprint density at radius 3 is 0.985 bits per heavy atom. The van der Waals surface area contributed by atoms with E-state index < -0.39 is 6.10 Å². The Labute approximate surface area is 401 Å². The molecule has 65 heavy (non-hydrogen) atoms. The van der Waals surface area contributed by atoms with Crippen molar-refractivity contribution in [2.45, 2.75) is 258 Å². The van der Waals surface area contributed by atoms with Gasteiger partial charge in [-0.2, -0.15) is 0 Å². The van der Waals surface area contributed by atoms with Crippen LogP contribution in [0.5, 0.6) is 0 Å². The van der Waals surface area contributed by atoms with Gasteiger partial charge in [-0.15, -0.1) is 0 Å². The van der Waals surface area contributed by atoms with Crippen LogP contribution in [0, 0.1) is 0 Å². The average Bonchev–Trinajstić information content (AvgIpc) is 3.30. The van der Waals surface area contributed by atoms with Crippen molar-refractivity contribution in [2.75, 3.05) is 13.2 Å². The molecule has 0 saturated heterocycles. The minimum Gasteiger partial charge on any atom is -0.462 e. The van der Waals surface area contributed by atoms with Gasteiger partial charge < -0.3 is 14.2 Å². The average molecular weight is 905 g/mol. The summed E-state index contributed by atoms with van der Waals surface area (Å²) >= 11 is 0. The predicted octanol–water partition coefficient (Wildman–Crippen LogP) is 18.0. The Morgan fingerprint density at radius 1 is 0.323 bits per heavy atom. The molecule has 0 heterocycles. The van der Waals surface area contributed by atoms with Crippen molar-refractivity contribution in [1.82, 2.24) is 0 Å². The molecule has 0 amide bonds. The number of carbonyl (C=O) groups excluding carboxylic acids is 3. The van der Waals surface area contributed by atoms with Crippen LogP contribution in [-0.4, -0.2) is 37.2 Å². The molecule has 0 aliphatic heterocycles. The number of unbranched alkanes of at least 4 members (excludes halogenated alkanes) is 23. The maximum Gasteiger partial charge on any atom is 0.306 e. The van der Waals surface area contributed by atoms with Crippen LogP contribution in [0.25, 0.3) is 0 Å².